The van der Waals surface area contributed by atoms with Crippen LogP contribution in [-0.4, -0.2) is 48.0 Å². The minimum atomic E-state index is -0.515. The Morgan fingerprint density at radius 3 is 2.74 bits per heavy atom. The topological polar surface area (TPSA) is 100 Å². The second-order valence-electron chi connectivity index (χ2n) is 3.83. The third-order valence-electron chi connectivity index (χ3n) is 2.19. The maximum atomic E-state index is 11.3. The minimum Gasteiger partial charge on any atom is -0.377 e. The van der Waals surface area contributed by atoms with Crippen molar-refractivity contribution >= 4 is 33.3 Å². The van der Waals surface area contributed by atoms with Crippen LogP contribution in [0.2, 0.25) is 0 Å². The molecule has 0 spiro atoms. The van der Waals surface area contributed by atoms with Gasteiger partial charge >= 0.3 is 11.7 Å². The molecule has 0 fully saturated rings. The van der Waals surface area contributed by atoms with Crippen LogP contribution in [0.25, 0.3) is 0 Å². The highest BCUT2D eigenvalue weighted by Gasteiger charge is 2.16. The van der Waals surface area contributed by atoms with E-state index < -0.39 is 4.92 Å². The molecule has 2 amide bonds. The van der Waals surface area contributed by atoms with Gasteiger partial charge < -0.3 is 15.5 Å². The van der Waals surface area contributed by atoms with Gasteiger partial charge in [-0.1, -0.05) is 0 Å². The summed E-state index contributed by atoms with van der Waals surface area (Å²) in [5.74, 6) is 0. The Bertz CT molecular complexity index is 480. The number of anilines is 1. The fraction of sp³-hybridized carbons (Fsp3) is 0.400. The molecular weight excluding hydrogens is 318 g/mol. The van der Waals surface area contributed by atoms with E-state index in [1.165, 1.54) is 17.3 Å². The quantitative estimate of drug-likeness (QED) is 0.483. The maximum absolute atomic E-state index is 11.3. The van der Waals surface area contributed by atoms with Gasteiger partial charge in [-0.15, -0.1) is 0 Å². The third kappa shape index (κ3) is 4.36. The number of amides is 2. The minimum absolute atomic E-state index is 0.117. The molecule has 0 saturated carbocycles. The van der Waals surface area contributed by atoms with Crippen LogP contribution >= 0.6 is 15.9 Å². The highest BCUT2D eigenvalue weighted by molar-refractivity contribution is 9.10. The molecule has 0 aliphatic rings. The maximum Gasteiger partial charge on any atom is 0.316 e. The van der Waals surface area contributed by atoms with Crippen molar-refractivity contribution in [3.63, 3.8) is 0 Å². The SMILES string of the molecule is CN(C)C(=O)NCCNc1c(Br)cncc1[N+](=O)[O-]. The Hall–Kier alpha value is -1.90. The summed E-state index contributed by atoms with van der Waals surface area (Å²) in [6.45, 7) is 0.714. The van der Waals surface area contributed by atoms with Crippen LogP contribution < -0.4 is 10.6 Å². The van der Waals surface area contributed by atoms with Gasteiger partial charge in [-0.25, -0.2) is 4.79 Å². The van der Waals surface area contributed by atoms with Gasteiger partial charge in [0.15, 0.2) is 0 Å². The smallest absolute Gasteiger partial charge is 0.316 e. The second-order valence-corrected chi connectivity index (χ2v) is 4.68. The Balaban J connectivity index is 2.58. The number of pyridine rings is 1. The van der Waals surface area contributed by atoms with E-state index in [0.29, 0.717) is 23.2 Å². The number of nitro groups is 1. The summed E-state index contributed by atoms with van der Waals surface area (Å²) < 4.78 is 0.501. The van der Waals surface area contributed by atoms with Crippen LogP contribution in [0.15, 0.2) is 16.9 Å². The summed E-state index contributed by atoms with van der Waals surface area (Å²) in [4.78, 5) is 26.7. The lowest BCUT2D eigenvalue weighted by atomic mass is 10.3. The number of urea groups is 1. The number of halogens is 1. The zero-order chi connectivity index (χ0) is 14.4. The predicted molar refractivity (Wildman–Crippen MR) is 74.2 cm³/mol. The number of hydrogen-bond donors (Lipinski definition) is 2. The summed E-state index contributed by atoms with van der Waals surface area (Å²) in [5, 5.41) is 16.4. The van der Waals surface area contributed by atoms with E-state index in [1.807, 2.05) is 0 Å². The number of nitrogens with zero attached hydrogens (tertiary/aromatic N) is 3. The first-order valence-corrected chi connectivity index (χ1v) is 6.19. The van der Waals surface area contributed by atoms with E-state index in [1.54, 1.807) is 14.1 Å². The number of carbonyl (C=O) groups is 1. The number of rotatable bonds is 5. The molecule has 0 atom stereocenters. The lowest BCUT2D eigenvalue weighted by molar-refractivity contribution is -0.384. The number of aromatic nitrogens is 1. The molecule has 1 aromatic rings. The zero-order valence-corrected chi connectivity index (χ0v) is 12.1. The van der Waals surface area contributed by atoms with Crippen molar-refractivity contribution in [2.45, 2.75) is 0 Å². The fourth-order valence-corrected chi connectivity index (χ4v) is 1.71. The van der Waals surface area contributed by atoms with E-state index in [2.05, 4.69) is 31.5 Å². The second kappa shape index (κ2) is 6.88. The van der Waals surface area contributed by atoms with Gasteiger partial charge in [-0.2, -0.15) is 0 Å². The first kappa shape index (κ1) is 15.2. The Labute approximate surface area is 118 Å². The van der Waals surface area contributed by atoms with Gasteiger partial charge in [0.25, 0.3) is 0 Å². The molecule has 19 heavy (non-hydrogen) atoms. The monoisotopic (exact) mass is 331 g/mol. The largest absolute Gasteiger partial charge is 0.377 e. The Morgan fingerprint density at radius 2 is 2.16 bits per heavy atom. The van der Waals surface area contributed by atoms with Gasteiger partial charge in [0.05, 0.1) is 9.40 Å². The number of nitrogens with one attached hydrogen (secondary N) is 2. The van der Waals surface area contributed by atoms with Crippen LogP contribution in [0.1, 0.15) is 0 Å². The van der Waals surface area contributed by atoms with Gasteiger partial charge in [0.2, 0.25) is 0 Å². The highest BCUT2D eigenvalue weighted by atomic mass is 79.9. The van der Waals surface area contributed by atoms with Crippen molar-refractivity contribution in [1.82, 2.24) is 15.2 Å². The third-order valence-corrected chi connectivity index (χ3v) is 2.79. The summed E-state index contributed by atoms with van der Waals surface area (Å²) >= 11 is 3.19. The van der Waals surface area contributed by atoms with E-state index >= 15 is 0 Å². The lowest BCUT2D eigenvalue weighted by Gasteiger charge is -2.13. The van der Waals surface area contributed by atoms with Crippen molar-refractivity contribution in [3.8, 4) is 0 Å². The standard InChI is InChI=1S/C10H14BrN5O3/c1-15(2)10(17)14-4-3-13-9-7(11)5-12-6-8(9)16(18)19/h5-6H,3-4H2,1-2H3,(H,12,13)(H,14,17). The molecule has 2 N–H and O–H groups in total. The average Bonchev–Trinajstić information content (AvgIpc) is 2.35. The van der Waals surface area contributed by atoms with Crippen molar-refractivity contribution in [2.24, 2.45) is 0 Å². The number of carbonyl (C=O) groups excluding carboxylic acids is 1. The first-order chi connectivity index (χ1) is 8.93. The molecule has 1 aromatic heterocycles. The molecule has 0 unspecified atom stereocenters. The van der Waals surface area contributed by atoms with Gasteiger partial charge in [-0.3, -0.25) is 15.1 Å². The van der Waals surface area contributed by atoms with E-state index in [9.17, 15) is 14.9 Å². The van der Waals surface area contributed by atoms with Gasteiger partial charge in [-0.05, 0) is 15.9 Å². The zero-order valence-electron chi connectivity index (χ0n) is 10.5. The normalized spacial score (nSPS) is 9.84. The van der Waals surface area contributed by atoms with Crippen molar-refractivity contribution < 1.29 is 9.72 Å². The molecule has 1 heterocycles. The molecule has 9 heteroatoms. The molecule has 8 nitrogen and oxygen atoms in total. The van der Waals surface area contributed by atoms with Crippen LogP contribution in [0.3, 0.4) is 0 Å². The summed E-state index contributed by atoms with van der Waals surface area (Å²) in [6.07, 6.45) is 2.64. The molecule has 104 valence electrons. The molecule has 1 rings (SSSR count). The Kier molecular flexibility index (Phi) is 5.49. The Morgan fingerprint density at radius 1 is 1.47 bits per heavy atom. The lowest BCUT2D eigenvalue weighted by Crippen LogP contribution is -2.37. The molecular formula is C10H14BrN5O3. The number of hydrogen-bond acceptors (Lipinski definition) is 5. The van der Waals surface area contributed by atoms with Crippen LogP contribution in [-0.2, 0) is 0 Å². The van der Waals surface area contributed by atoms with E-state index in [4.69, 9.17) is 0 Å². The molecule has 0 aliphatic carbocycles. The van der Waals surface area contributed by atoms with Crippen LogP contribution in [0, 0.1) is 10.1 Å². The summed E-state index contributed by atoms with van der Waals surface area (Å²) in [5.41, 5.74) is 0.229. The first-order valence-electron chi connectivity index (χ1n) is 5.40. The summed E-state index contributed by atoms with van der Waals surface area (Å²) in [7, 11) is 3.26. The van der Waals surface area contributed by atoms with Crippen LogP contribution in [0.5, 0.6) is 0 Å². The highest BCUT2D eigenvalue weighted by Crippen LogP contribution is 2.30. The van der Waals surface area contributed by atoms with Crippen LogP contribution in [0.4, 0.5) is 16.2 Å². The summed E-state index contributed by atoms with van der Waals surface area (Å²) in [6, 6.07) is -0.218. The van der Waals surface area contributed by atoms with Crippen molar-refractivity contribution in [3.05, 3.63) is 27.0 Å². The molecule has 0 radical (unpaired) electrons. The predicted octanol–water partition coefficient (Wildman–Crippen LogP) is 1.44. The van der Waals surface area contributed by atoms with Gasteiger partial charge in [0.1, 0.15) is 11.9 Å². The van der Waals surface area contributed by atoms with Gasteiger partial charge in [0, 0.05) is 33.4 Å². The molecule has 0 bridgehead atoms. The van der Waals surface area contributed by atoms with Crippen molar-refractivity contribution in [1.29, 1.82) is 0 Å². The molecule has 0 aliphatic heterocycles. The van der Waals surface area contributed by atoms with E-state index in [-0.39, 0.29) is 11.7 Å². The molecule has 0 saturated heterocycles. The van der Waals surface area contributed by atoms with Crippen molar-refractivity contribution in [2.75, 3.05) is 32.5 Å². The van der Waals surface area contributed by atoms with E-state index in [0.717, 1.165) is 0 Å². The molecule has 0 aromatic carbocycles. The fourth-order valence-electron chi connectivity index (χ4n) is 1.25. The average molecular weight is 332 g/mol.